The molecule has 3 heterocycles. The van der Waals surface area contributed by atoms with E-state index in [1.54, 1.807) is 4.90 Å². The Morgan fingerprint density at radius 2 is 2.04 bits per heavy atom. The number of aliphatic carboxylic acids is 1. The third kappa shape index (κ3) is 3.04. The Hall–Kier alpha value is -1.34. The van der Waals surface area contributed by atoms with Gasteiger partial charge in [-0.25, -0.2) is 4.79 Å². The van der Waals surface area contributed by atoms with E-state index in [2.05, 4.69) is 4.90 Å². The monoisotopic (exact) mass is 326 g/mol. The van der Waals surface area contributed by atoms with E-state index < -0.39 is 11.4 Å². The number of carbonyl (C=O) groups is 2. The Morgan fingerprint density at radius 3 is 2.65 bits per heavy atom. The number of hydrogen-bond acceptors (Lipinski definition) is 5. The lowest BCUT2D eigenvalue weighted by Crippen LogP contribution is -2.48. The fraction of sp³-hybridized carbons (Fsp3) is 0.875. The minimum Gasteiger partial charge on any atom is -0.481 e. The number of carbonyl (C=O) groups excluding carboxylic acids is 1. The zero-order valence-electron chi connectivity index (χ0n) is 13.7. The average Bonchev–Trinajstić information content (AvgIpc) is 2.96. The van der Waals surface area contributed by atoms with Crippen molar-refractivity contribution in [1.29, 1.82) is 0 Å². The van der Waals surface area contributed by atoms with Gasteiger partial charge in [0.15, 0.2) is 0 Å². The van der Waals surface area contributed by atoms with E-state index in [4.69, 9.17) is 9.47 Å². The molecule has 23 heavy (non-hydrogen) atoms. The summed E-state index contributed by atoms with van der Waals surface area (Å²) in [5.41, 5.74) is -0.740. The lowest BCUT2D eigenvalue weighted by molar-refractivity contribution is -0.159. The van der Waals surface area contributed by atoms with Gasteiger partial charge in [0.2, 0.25) is 0 Å². The van der Waals surface area contributed by atoms with E-state index in [0.29, 0.717) is 45.5 Å². The van der Waals surface area contributed by atoms with Crippen LogP contribution in [-0.4, -0.2) is 79.0 Å². The van der Waals surface area contributed by atoms with E-state index in [1.807, 2.05) is 6.92 Å². The lowest BCUT2D eigenvalue weighted by Gasteiger charge is -2.37. The van der Waals surface area contributed by atoms with Gasteiger partial charge in [-0.2, -0.15) is 0 Å². The van der Waals surface area contributed by atoms with Crippen molar-refractivity contribution in [3.05, 3.63) is 0 Å². The number of ether oxygens (including phenoxy) is 2. The highest BCUT2D eigenvalue weighted by Crippen LogP contribution is 2.43. The Labute approximate surface area is 136 Å². The molecule has 0 aromatic heterocycles. The summed E-state index contributed by atoms with van der Waals surface area (Å²) in [5, 5.41) is 9.71. The van der Waals surface area contributed by atoms with E-state index in [0.717, 1.165) is 25.8 Å². The Bertz CT molecular complexity index is 463. The second-order valence-corrected chi connectivity index (χ2v) is 6.85. The molecule has 3 fully saturated rings. The van der Waals surface area contributed by atoms with Crippen LogP contribution >= 0.6 is 0 Å². The van der Waals surface area contributed by atoms with Gasteiger partial charge in [-0.1, -0.05) is 0 Å². The zero-order valence-corrected chi connectivity index (χ0v) is 13.7. The number of rotatable bonds is 3. The van der Waals surface area contributed by atoms with E-state index >= 15 is 0 Å². The Morgan fingerprint density at radius 1 is 1.30 bits per heavy atom. The molecule has 2 atom stereocenters. The molecule has 3 saturated heterocycles. The normalized spacial score (nSPS) is 32.6. The third-order valence-electron chi connectivity index (χ3n) is 5.62. The highest BCUT2D eigenvalue weighted by Gasteiger charge is 2.55. The summed E-state index contributed by atoms with van der Waals surface area (Å²) in [5.74, 6) is -0.550. The second kappa shape index (κ2) is 6.65. The second-order valence-electron chi connectivity index (χ2n) is 6.85. The van der Waals surface area contributed by atoms with Crippen LogP contribution in [0.4, 0.5) is 4.79 Å². The maximum Gasteiger partial charge on any atom is 0.409 e. The summed E-state index contributed by atoms with van der Waals surface area (Å²) in [7, 11) is 0. The summed E-state index contributed by atoms with van der Waals surface area (Å²) in [6, 6.07) is 0.350. The topological polar surface area (TPSA) is 79.3 Å². The standard InChI is InChI=1S/C16H26N2O5/c1-2-23-15(21)17-6-3-13(4-7-17)18-9-12-5-8-22-11-16(12,10-18)14(19)20/h12-13H,2-11H2,1H3,(H,19,20)/t12-,16+/m0/s1. The zero-order chi connectivity index (χ0) is 16.4. The smallest absolute Gasteiger partial charge is 0.409 e. The van der Waals surface area contributed by atoms with Crippen LogP contribution in [0, 0.1) is 11.3 Å². The summed E-state index contributed by atoms with van der Waals surface area (Å²) < 4.78 is 10.5. The Kier molecular flexibility index (Phi) is 4.77. The van der Waals surface area contributed by atoms with Crippen LogP contribution in [-0.2, 0) is 14.3 Å². The molecule has 0 aliphatic carbocycles. The van der Waals surface area contributed by atoms with Gasteiger partial charge in [0.25, 0.3) is 0 Å². The molecule has 0 aromatic rings. The first kappa shape index (κ1) is 16.5. The van der Waals surface area contributed by atoms with Gasteiger partial charge in [0.05, 0.1) is 13.2 Å². The molecule has 0 aromatic carbocycles. The predicted molar refractivity (Wildman–Crippen MR) is 82.2 cm³/mol. The summed E-state index contributed by atoms with van der Waals surface area (Å²) in [6.45, 7) is 5.96. The molecule has 3 aliphatic heterocycles. The van der Waals surface area contributed by atoms with Gasteiger partial charge in [0, 0.05) is 38.8 Å². The number of hydrogen-bond donors (Lipinski definition) is 1. The highest BCUT2D eigenvalue weighted by molar-refractivity contribution is 5.76. The molecule has 7 nitrogen and oxygen atoms in total. The molecule has 3 aliphatic rings. The van der Waals surface area contributed by atoms with Gasteiger partial charge in [-0.05, 0) is 32.1 Å². The van der Waals surface area contributed by atoms with Gasteiger partial charge in [-0.15, -0.1) is 0 Å². The molecule has 0 saturated carbocycles. The molecule has 1 amide bonds. The fourth-order valence-electron chi connectivity index (χ4n) is 4.24. The molecular weight excluding hydrogens is 300 g/mol. The van der Waals surface area contributed by atoms with Gasteiger partial charge >= 0.3 is 12.1 Å². The molecular formula is C16H26N2O5. The molecule has 1 N–H and O–H groups in total. The van der Waals surface area contributed by atoms with Crippen LogP contribution in [0.3, 0.4) is 0 Å². The largest absolute Gasteiger partial charge is 0.481 e. The number of amides is 1. The van der Waals surface area contributed by atoms with Crippen LogP contribution in [0.2, 0.25) is 0 Å². The van der Waals surface area contributed by atoms with Crippen LogP contribution in [0.1, 0.15) is 26.2 Å². The average molecular weight is 326 g/mol. The maximum atomic E-state index is 11.8. The molecule has 0 radical (unpaired) electrons. The Balaban J connectivity index is 1.59. The van der Waals surface area contributed by atoms with Gasteiger partial charge < -0.3 is 19.5 Å². The van der Waals surface area contributed by atoms with Gasteiger partial charge in [0.1, 0.15) is 5.41 Å². The van der Waals surface area contributed by atoms with E-state index in [-0.39, 0.29) is 12.0 Å². The van der Waals surface area contributed by atoms with E-state index in [9.17, 15) is 14.7 Å². The van der Waals surface area contributed by atoms with Crippen molar-refractivity contribution in [2.75, 3.05) is 46.0 Å². The molecule has 0 bridgehead atoms. The highest BCUT2D eigenvalue weighted by atomic mass is 16.6. The molecule has 130 valence electrons. The third-order valence-corrected chi connectivity index (χ3v) is 5.62. The molecule has 7 heteroatoms. The number of nitrogens with zero attached hydrogens (tertiary/aromatic N) is 2. The summed E-state index contributed by atoms with van der Waals surface area (Å²) in [6.07, 6.45) is 2.34. The number of piperidine rings is 1. The molecule has 3 rings (SSSR count). The van der Waals surface area contributed by atoms with Crippen molar-refractivity contribution in [3.8, 4) is 0 Å². The van der Waals surface area contributed by atoms with Crippen molar-refractivity contribution in [2.24, 2.45) is 11.3 Å². The quantitative estimate of drug-likeness (QED) is 0.834. The van der Waals surface area contributed by atoms with Crippen molar-refractivity contribution in [1.82, 2.24) is 9.80 Å². The number of fused-ring (bicyclic) bond motifs is 1. The SMILES string of the molecule is CCOC(=O)N1CCC(N2C[C@@H]3CCOC[C@]3(C(=O)O)C2)CC1. The first-order valence-corrected chi connectivity index (χ1v) is 8.53. The summed E-state index contributed by atoms with van der Waals surface area (Å²) >= 11 is 0. The minimum atomic E-state index is -0.740. The first-order valence-electron chi connectivity index (χ1n) is 8.53. The van der Waals surface area contributed by atoms with Crippen molar-refractivity contribution in [3.63, 3.8) is 0 Å². The molecule has 0 unspecified atom stereocenters. The van der Waals surface area contributed by atoms with Crippen molar-refractivity contribution in [2.45, 2.75) is 32.2 Å². The molecule has 0 spiro atoms. The lowest BCUT2D eigenvalue weighted by atomic mass is 9.76. The van der Waals surface area contributed by atoms with Crippen LogP contribution in [0.5, 0.6) is 0 Å². The van der Waals surface area contributed by atoms with Crippen LogP contribution in [0.15, 0.2) is 0 Å². The minimum absolute atomic E-state index is 0.178. The van der Waals surface area contributed by atoms with Crippen LogP contribution < -0.4 is 0 Å². The van der Waals surface area contributed by atoms with Crippen LogP contribution in [0.25, 0.3) is 0 Å². The van der Waals surface area contributed by atoms with Gasteiger partial charge in [-0.3, -0.25) is 9.69 Å². The summed E-state index contributed by atoms with van der Waals surface area (Å²) in [4.78, 5) is 27.7. The maximum absolute atomic E-state index is 11.8. The number of likely N-dealkylation sites (tertiary alicyclic amines) is 2. The fourth-order valence-corrected chi connectivity index (χ4v) is 4.24. The van der Waals surface area contributed by atoms with Crippen molar-refractivity contribution >= 4 is 12.1 Å². The van der Waals surface area contributed by atoms with E-state index in [1.165, 1.54) is 0 Å². The predicted octanol–water partition coefficient (Wildman–Crippen LogP) is 1.03. The first-order chi connectivity index (χ1) is 11.1. The number of carboxylic acids is 1. The van der Waals surface area contributed by atoms with Crippen molar-refractivity contribution < 1.29 is 24.2 Å². The number of carboxylic acid groups (broad SMARTS) is 1.